The van der Waals surface area contributed by atoms with E-state index < -0.39 is 0 Å². The van der Waals surface area contributed by atoms with Crippen LogP contribution < -0.4 is 0 Å². The molecule has 1 heteroatoms. The maximum Gasteiger partial charge on any atom is 0.0421 e. The lowest BCUT2D eigenvalue weighted by Crippen LogP contribution is -2.13. The summed E-state index contributed by atoms with van der Waals surface area (Å²) in [7, 11) is 0. The largest absolute Gasteiger partial charge is 0.289 e. The molecule has 1 heterocycles. The highest BCUT2D eigenvalue weighted by Gasteiger charge is 2.24. The Morgan fingerprint density at radius 3 is 3.07 bits per heavy atom. The molecular formula is C13H19N. The average molecular weight is 189 g/mol. The van der Waals surface area contributed by atoms with Crippen LogP contribution in [0.3, 0.4) is 0 Å². The molecule has 2 rings (SSSR count). The Balaban J connectivity index is 2.23. The molecule has 0 unspecified atom stereocenters. The molecule has 0 N–H and O–H groups in total. The molecule has 1 aliphatic heterocycles. The van der Waals surface area contributed by atoms with Gasteiger partial charge in [0, 0.05) is 12.3 Å². The van der Waals surface area contributed by atoms with Crippen LogP contribution in [0.4, 0.5) is 0 Å². The summed E-state index contributed by atoms with van der Waals surface area (Å²) in [5.74, 6) is 0.747. The predicted octanol–water partition coefficient (Wildman–Crippen LogP) is 3.52. The van der Waals surface area contributed by atoms with Crippen LogP contribution in [0.5, 0.6) is 0 Å². The minimum Gasteiger partial charge on any atom is -0.289 e. The topological polar surface area (TPSA) is 12.4 Å². The summed E-state index contributed by atoms with van der Waals surface area (Å²) in [4.78, 5) is 4.66. The van der Waals surface area contributed by atoms with Gasteiger partial charge < -0.3 is 0 Å². The molecule has 0 amide bonds. The Labute approximate surface area is 86.6 Å². The average Bonchev–Trinajstić information content (AvgIpc) is 2.57. The van der Waals surface area contributed by atoms with Crippen molar-refractivity contribution in [1.82, 2.24) is 0 Å². The van der Waals surface area contributed by atoms with E-state index in [0.29, 0.717) is 0 Å². The fourth-order valence-electron chi connectivity index (χ4n) is 2.29. The van der Waals surface area contributed by atoms with E-state index in [2.05, 4.69) is 31.0 Å². The molecular weight excluding hydrogens is 170 g/mol. The van der Waals surface area contributed by atoms with E-state index in [9.17, 15) is 0 Å². The normalized spacial score (nSPS) is 27.0. The molecule has 0 fully saturated rings. The molecule has 1 nitrogen and oxygen atoms in total. The SMILES string of the molecule is CC/C=C/C1=C2C[C@H](C)CN=C2CC1. The number of allylic oxidation sites excluding steroid dienone is 4. The van der Waals surface area contributed by atoms with E-state index >= 15 is 0 Å². The zero-order chi connectivity index (χ0) is 9.97. The minimum atomic E-state index is 0.747. The maximum absolute atomic E-state index is 4.66. The van der Waals surface area contributed by atoms with Gasteiger partial charge >= 0.3 is 0 Å². The second-order valence-corrected chi connectivity index (χ2v) is 4.41. The fourth-order valence-corrected chi connectivity index (χ4v) is 2.29. The van der Waals surface area contributed by atoms with Crippen LogP contribution >= 0.6 is 0 Å². The maximum atomic E-state index is 4.66. The molecule has 0 aromatic rings. The van der Waals surface area contributed by atoms with Gasteiger partial charge in [0.05, 0.1) is 0 Å². The molecule has 2 aliphatic rings. The summed E-state index contributed by atoms with van der Waals surface area (Å²) in [5, 5.41) is 0. The number of hydrogen-bond acceptors (Lipinski definition) is 1. The van der Waals surface area contributed by atoms with E-state index in [4.69, 9.17) is 0 Å². The van der Waals surface area contributed by atoms with E-state index in [-0.39, 0.29) is 0 Å². The van der Waals surface area contributed by atoms with Crippen LogP contribution in [0.15, 0.2) is 28.3 Å². The molecule has 76 valence electrons. The summed E-state index contributed by atoms with van der Waals surface area (Å²) < 4.78 is 0. The Morgan fingerprint density at radius 1 is 1.43 bits per heavy atom. The first-order valence-electron chi connectivity index (χ1n) is 5.73. The van der Waals surface area contributed by atoms with Crippen molar-refractivity contribution < 1.29 is 0 Å². The molecule has 0 radical (unpaired) electrons. The van der Waals surface area contributed by atoms with Crippen molar-refractivity contribution in [2.45, 2.75) is 39.5 Å². The number of nitrogens with zero attached hydrogens (tertiary/aromatic N) is 1. The van der Waals surface area contributed by atoms with Crippen molar-refractivity contribution in [3.63, 3.8) is 0 Å². The second-order valence-electron chi connectivity index (χ2n) is 4.41. The van der Waals surface area contributed by atoms with Gasteiger partial charge in [-0.05, 0) is 42.7 Å². The van der Waals surface area contributed by atoms with Gasteiger partial charge in [0.25, 0.3) is 0 Å². The van der Waals surface area contributed by atoms with Crippen molar-refractivity contribution in [3.8, 4) is 0 Å². The van der Waals surface area contributed by atoms with Crippen molar-refractivity contribution in [2.75, 3.05) is 6.54 Å². The summed E-state index contributed by atoms with van der Waals surface area (Å²) in [6.45, 7) is 5.53. The highest BCUT2D eigenvalue weighted by Crippen LogP contribution is 2.32. The Hall–Kier alpha value is -0.850. The lowest BCUT2D eigenvalue weighted by atomic mass is 9.94. The monoisotopic (exact) mass is 189 g/mol. The van der Waals surface area contributed by atoms with Gasteiger partial charge in [-0.15, -0.1) is 0 Å². The third-order valence-electron chi connectivity index (χ3n) is 3.07. The van der Waals surface area contributed by atoms with Crippen molar-refractivity contribution in [1.29, 1.82) is 0 Å². The molecule has 0 aromatic heterocycles. The first kappa shape index (κ1) is 9.70. The molecule has 1 atom stereocenters. The van der Waals surface area contributed by atoms with Crippen LogP contribution in [0.2, 0.25) is 0 Å². The zero-order valence-corrected chi connectivity index (χ0v) is 9.21. The standard InChI is InChI=1S/C13H19N/c1-3-4-5-11-6-7-13-12(11)8-10(2)9-14-13/h4-5,10H,3,6-9H2,1-2H3/b5-4+/t10-/m0/s1. The number of rotatable bonds is 2. The van der Waals surface area contributed by atoms with Crippen LogP contribution in [0, 0.1) is 5.92 Å². The van der Waals surface area contributed by atoms with Gasteiger partial charge in [-0.3, -0.25) is 4.99 Å². The molecule has 0 saturated carbocycles. The first-order valence-corrected chi connectivity index (χ1v) is 5.73. The fraction of sp³-hybridized carbons (Fsp3) is 0.615. The first-order chi connectivity index (χ1) is 6.81. The second kappa shape index (κ2) is 4.12. The minimum absolute atomic E-state index is 0.747. The lowest BCUT2D eigenvalue weighted by molar-refractivity contribution is 0.584. The Morgan fingerprint density at radius 2 is 2.29 bits per heavy atom. The van der Waals surface area contributed by atoms with Crippen molar-refractivity contribution in [3.05, 3.63) is 23.3 Å². The smallest absolute Gasteiger partial charge is 0.0421 e. The highest BCUT2D eigenvalue weighted by atomic mass is 14.8. The van der Waals surface area contributed by atoms with Gasteiger partial charge in [-0.1, -0.05) is 26.0 Å². The van der Waals surface area contributed by atoms with Gasteiger partial charge in [-0.25, -0.2) is 0 Å². The summed E-state index contributed by atoms with van der Waals surface area (Å²) in [6.07, 6.45) is 9.38. The number of hydrogen-bond donors (Lipinski definition) is 0. The summed E-state index contributed by atoms with van der Waals surface area (Å²) in [6, 6.07) is 0. The number of fused-ring (bicyclic) bond motifs is 1. The van der Waals surface area contributed by atoms with Gasteiger partial charge in [0.15, 0.2) is 0 Å². The van der Waals surface area contributed by atoms with E-state index in [1.54, 1.807) is 11.1 Å². The van der Waals surface area contributed by atoms with Gasteiger partial charge in [-0.2, -0.15) is 0 Å². The molecule has 14 heavy (non-hydrogen) atoms. The third kappa shape index (κ3) is 1.82. The van der Waals surface area contributed by atoms with Gasteiger partial charge in [0.2, 0.25) is 0 Å². The van der Waals surface area contributed by atoms with Crippen LogP contribution in [-0.2, 0) is 0 Å². The number of aliphatic imine (C=N–C) groups is 1. The van der Waals surface area contributed by atoms with E-state index in [0.717, 1.165) is 18.9 Å². The summed E-state index contributed by atoms with van der Waals surface area (Å²) in [5.41, 5.74) is 4.52. The Bertz CT molecular complexity index is 307. The molecule has 0 aromatic carbocycles. The van der Waals surface area contributed by atoms with Crippen molar-refractivity contribution in [2.24, 2.45) is 10.9 Å². The molecule has 0 bridgehead atoms. The third-order valence-corrected chi connectivity index (χ3v) is 3.07. The Kier molecular flexibility index (Phi) is 2.85. The van der Waals surface area contributed by atoms with Crippen molar-refractivity contribution >= 4 is 5.71 Å². The van der Waals surface area contributed by atoms with Gasteiger partial charge in [0.1, 0.15) is 0 Å². The zero-order valence-electron chi connectivity index (χ0n) is 9.21. The van der Waals surface area contributed by atoms with E-state index in [1.165, 1.54) is 25.0 Å². The van der Waals surface area contributed by atoms with Crippen LogP contribution in [0.1, 0.15) is 39.5 Å². The molecule has 0 spiro atoms. The van der Waals surface area contributed by atoms with E-state index in [1.807, 2.05) is 0 Å². The molecule has 0 saturated heterocycles. The predicted molar refractivity (Wildman–Crippen MR) is 61.8 cm³/mol. The highest BCUT2D eigenvalue weighted by molar-refractivity contribution is 6.04. The lowest BCUT2D eigenvalue weighted by Gasteiger charge is -2.17. The van der Waals surface area contributed by atoms with Crippen LogP contribution in [0.25, 0.3) is 0 Å². The quantitative estimate of drug-likeness (QED) is 0.630. The van der Waals surface area contributed by atoms with Crippen LogP contribution in [-0.4, -0.2) is 12.3 Å². The summed E-state index contributed by atoms with van der Waals surface area (Å²) >= 11 is 0. The molecule has 1 aliphatic carbocycles.